The van der Waals surface area contributed by atoms with Crippen molar-refractivity contribution in [3.8, 4) is 0 Å². The van der Waals surface area contributed by atoms with Gasteiger partial charge in [-0.2, -0.15) is 0 Å². The highest BCUT2D eigenvalue weighted by atomic mass is 16.4. The minimum Gasteiger partial charge on any atom is -0.480 e. The number of rotatable bonds is 59. The van der Waals surface area contributed by atoms with Gasteiger partial charge in [-0.1, -0.05) is 0 Å². The molecule has 4 atom stereocenters. The Bertz CT molecular complexity index is 2720. The molecule has 4 aliphatic heterocycles. The van der Waals surface area contributed by atoms with E-state index in [0.29, 0.717) is 90.6 Å². The molecule has 2 amide bonds. The van der Waals surface area contributed by atoms with E-state index in [1.165, 1.54) is 19.6 Å². The van der Waals surface area contributed by atoms with Gasteiger partial charge < -0.3 is 81.7 Å². The van der Waals surface area contributed by atoms with Crippen LogP contribution in [0.1, 0.15) is 64.2 Å². The molecule has 0 aromatic heterocycles. The Morgan fingerprint density at radius 1 is 0.237 bits per heavy atom. The van der Waals surface area contributed by atoms with E-state index in [-0.39, 0.29) is 168 Å². The fourth-order valence-electron chi connectivity index (χ4n) is 14.9. The Balaban J connectivity index is 1.52. The number of carbonyl (C=O) groups is 16. The summed E-state index contributed by atoms with van der Waals surface area (Å²) in [5.41, 5.74) is 0. The van der Waals surface area contributed by atoms with Crippen molar-refractivity contribution in [1.29, 1.82) is 0 Å². The molecule has 0 saturated carbocycles. The highest BCUT2D eigenvalue weighted by molar-refractivity contribution is 5.82. The van der Waals surface area contributed by atoms with Gasteiger partial charge in [0, 0.05) is 155 Å². The van der Waals surface area contributed by atoms with Crippen molar-refractivity contribution >= 4 is 95.0 Å². The van der Waals surface area contributed by atoms with E-state index in [4.69, 9.17) is 0 Å². The normalized spacial score (nSPS) is 19.1. The molecule has 4 aliphatic rings. The fourth-order valence-corrected chi connectivity index (χ4v) is 14.9. The van der Waals surface area contributed by atoms with Crippen LogP contribution in [0.2, 0.25) is 0 Å². The van der Waals surface area contributed by atoms with Gasteiger partial charge in [0.15, 0.2) is 0 Å². The zero-order valence-electron chi connectivity index (χ0n) is 64.8. The minimum atomic E-state index is -1.30. The Morgan fingerprint density at radius 3 is 0.623 bits per heavy atom. The second-order valence-electron chi connectivity index (χ2n) is 29.6. The predicted octanol–water partition coefficient (Wildman–Crippen LogP) is -6.97. The molecule has 4 heterocycles. The van der Waals surface area contributed by atoms with Crippen molar-refractivity contribution in [2.75, 3.05) is 262 Å². The quantitative estimate of drug-likeness (QED) is 0.0252. The monoisotopic (exact) mass is 1630 g/mol. The van der Waals surface area contributed by atoms with Crippen LogP contribution in [-0.2, 0) is 76.7 Å². The molecule has 14 N–H and O–H groups in total. The third-order valence-corrected chi connectivity index (χ3v) is 19.9. The number of ketones is 2. The predicted molar refractivity (Wildman–Crippen MR) is 400 cm³/mol. The standard InChI is InChI=1S/C70H118N16O28/c87-55(35-75-19-23-79(39-59(91)92)31-51(27-75)83(43-63(99)100)44-64(101)102)9-1-3-13-73(17-7-11-71-57(89)37-77-21-25-81(41-61(95)96)33-53(29-77)85(47-67(107)108)48-68(109)110)15-5-6-16-74(14-4-2-10-56(88)36-76-20-24-80(40-60(93)94)32-52(28-76)84(45-65(103)104)46-66(105)106)18-8-12-72-58(90)38-78-22-26-82(42-62(97)98)34-54(30-78)86(49-69(111)112)50-70(113)114/h51-54H,1-50H2,(H,71,89)(H,72,90)(H,91,92)(H,93,94)(H,95,96)(H,97,98)(H,99,100)(H,101,102)(H,103,104)(H,105,106)(H,107,108)(H,109,110)(H,111,112)(H,113,114). The Kier molecular flexibility index (Phi) is 45.2. The molecule has 114 heavy (non-hydrogen) atoms. The van der Waals surface area contributed by atoms with Gasteiger partial charge in [-0.05, 0) is 90.6 Å². The first-order chi connectivity index (χ1) is 53.9. The van der Waals surface area contributed by atoms with Crippen LogP contribution in [-0.4, -0.2) is 511 Å². The van der Waals surface area contributed by atoms with Gasteiger partial charge >= 0.3 is 71.6 Å². The van der Waals surface area contributed by atoms with Gasteiger partial charge in [0.2, 0.25) is 11.8 Å². The van der Waals surface area contributed by atoms with Crippen molar-refractivity contribution in [1.82, 2.24) is 79.2 Å². The lowest BCUT2D eigenvalue weighted by molar-refractivity contribution is -0.145. The molecule has 0 aromatic rings. The number of nitrogens with zero attached hydrogens (tertiary/aromatic N) is 14. The average Bonchev–Trinajstić information content (AvgIpc) is 1.70. The largest absolute Gasteiger partial charge is 0.480 e. The molecule has 4 unspecified atom stereocenters. The number of nitrogens with one attached hydrogen (secondary N) is 2. The van der Waals surface area contributed by atoms with E-state index < -0.39 is 186 Å². The van der Waals surface area contributed by atoms with E-state index >= 15 is 0 Å². The van der Waals surface area contributed by atoms with Crippen molar-refractivity contribution < 1.29 is 138 Å². The maximum absolute atomic E-state index is 13.7. The average molecular weight is 1630 g/mol. The third kappa shape index (κ3) is 43.2. The van der Waals surface area contributed by atoms with Crippen LogP contribution in [0.5, 0.6) is 0 Å². The molecule has 646 valence electrons. The summed E-state index contributed by atoms with van der Waals surface area (Å²) in [7, 11) is 0. The molecule has 0 aliphatic carbocycles. The van der Waals surface area contributed by atoms with Gasteiger partial charge in [0.25, 0.3) is 0 Å². The smallest absolute Gasteiger partial charge is 0.317 e. The summed E-state index contributed by atoms with van der Waals surface area (Å²) in [6, 6.07) is -3.01. The lowest BCUT2D eigenvalue weighted by Crippen LogP contribution is -2.51. The number of carboxylic acid groups (broad SMARTS) is 12. The maximum Gasteiger partial charge on any atom is 0.317 e. The van der Waals surface area contributed by atoms with Gasteiger partial charge in [0.1, 0.15) is 11.6 Å². The van der Waals surface area contributed by atoms with Crippen LogP contribution in [0.3, 0.4) is 0 Å². The molecule has 4 saturated heterocycles. The first-order valence-electron chi connectivity index (χ1n) is 38.3. The summed E-state index contributed by atoms with van der Waals surface area (Å²) < 4.78 is 0. The van der Waals surface area contributed by atoms with Crippen LogP contribution in [0.25, 0.3) is 0 Å². The van der Waals surface area contributed by atoms with Gasteiger partial charge in [-0.3, -0.25) is 136 Å². The van der Waals surface area contributed by atoms with Gasteiger partial charge in [-0.25, -0.2) is 0 Å². The molecule has 0 bridgehead atoms. The molecule has 0 aromatic carbocycles. The number of hydrogen-bond donors (Lipinski definition) is 14. The second-order valence-corrected chi connectivity index (χ2v) is 29.6. The van der Waals surface area contributed by atoms with Crippen molar-refractivity contribution in [2.45, 2.75) is 88.4 Å². The lowest BCUT2D eigenvalue weighted by Gasteiger charge is -2.32. The summed E-state index contributed by atoms with van der Waals surface area (Å²) in [6.45, 7) is -1.55. The van der Waals surface area contributed by atoms with E-state index in [9.17, 15) is 138 Å². The zero-order valence-corrected chi connectivity index (χ0v) is 64.8. The summed E-state index contributed by atoms with van der Waals surface area (Å²) in [5, 5.41) is 121. The number of carbonyl (C=O) groups excluding carboxylic acids is 4. The number of carboxylic acids is 12. The second kappa shape index (κ2) is 52.8. The number of unbranched alkanes of at least 4 members (excludes halogenated alkanes) is 3. The Hall–Kier alpha value is -8.64. The summed E-state index contributed by atoms with van der Waals surface area (Å²) in [4.78, 5) is 219. The van der Waals surface area contributed by atoms with E-state index in [0.717, 1.165) is 0 Å². The number of hydrogen-bond acceptors (Lipinski definition) is 30. The van der Waals surface area contributed by atoms with Crippen LogP contribution < -0.4 is 10.6 Å². The molecular weight excluding hydrogens is 1510 g/mol. The molecule has 0 radical (unpaired) electrons. The molecule has 44 heteroatoms. The summed E-state index contributed by atoms with van der Waals surface area (Å²) in [6.07, 6.45) is 4.38. The van der Waals surface area contributed by atoms with Crippen LogP contribution >= 0.6 is 0 Å². The molecule has 0 spiro atoms. The van der Waals surface area contributed by atoms with Crippen molar-refractivity contribution in [3.05, 3.63) is 0 Å². The fraction of sp³-hybridized carbons (Fsp3) is 0.771. The Morgan fingerprint density at radius 2 is 0.421 bits per heavy atom. The lowest BCUT2D eigenvalue weighted by atomic mass is 10.1. The minimum absolute atomic E-state index is 0.0282. The number of amides is 2. The maximum atomic E-state index is 13.7. The number of aliphatic carboxylic acids is 12. The first-order valence-corrected chi connectivity index (χ1v) is 38.3. The van der Waals surface area contributed by atoms with E-state index in [1.807, 2.05) is 0 Å². The zero-order chi connectivity index (χ0) is 84.4. The first kappa shape index (κ1) is 97.7. The molecule has 4 rings (SSSR count). The van der Waals surface area contributed by atoms with Crippen LogP contribution in [0, 0.1) is 0 Å². The third-order valence-electron chi connectivity index (χ3n) is 19.9. The summed E-state index contributed by atoms with van der Waals surface area (Å²) >= 11 is 0. The van der Waals surface area contributed by atoms with Gasteiger partial charge in [-0.15, -0.1) is 0 Å². The van der Waals surface area contributed by atoms with Gasteiger partial charge in [0.05, 0.1) is 105 Å². The highest BCUT2D eigenvalue weighted by Crippen LogP contribution is 2.18. The molecule has 44 nitrogen and oxygen atoms in total. The van der Waals surface area contributed by atoms with Crippen molar-refractivity contribution in [2.24, 2.45) is 0 Å². The topological polar surface area (TPSA) is 585 Å². The van der Waals surface area contributed by atoms with Crippen molar-refractivity contribution in [3.63, 3.8) is 0 Å². The Labute approximate surface area is 660 Å². The molecule has 4 fully saturated rings. The van der Waals surface area contributed by atoms with E-state index in [1.54, 1.807) is 39.2 Å². The summed E-state index contributed by atoms with van der Waals surface area (Å²) in [5.74, 6) is -16.0. The number of Topliss-reactive ketones (excluding diaryl/α,β-unsaturated/α-hetero) is 2. The van der Waals surface area contributed by atoms with Crippen LogP contribution in [0.15, 0.2) is 0 Å². The van der Waals surface area contributed by atoms with Crippen LogP contribution in [0.4, 0.5) is 0 Å². The van der Waals surface area contributed by atoms with E-state index in [2.05, 4.69) is 20.4 Å². The SMILES string of the molecule is O=C(O)CN1CCN(CC(=O)CCCCN(CCCCN(CCCCC(=O)CN2CCN(CC(=O)O)CC(N(CC(=O)O)CC(=O)O)C2)CCCNC(=O)CN2CCN(CC(=O)O)CC(N(CC(=O)O)CC(=O)O)C2)CCCNC(=O)CN2CCN(CC(=O)O)CC(N(CC(=O)O)CC(=O)O)C2)CC(N(CC(=O)O)CC(=O)O)C1. The highest BCUT2D eigenvalue weighted by Gasteiger charge is 2.37. The molecular formula is C70H118N16O28.